The Balaban J connectivity index is 2.48. The molecule has 0 fully saturated rings. The first-order valence-electron chi connectivity index (χ1n) is 4.31. The van der Waals surface area contributed by atoms with Crippen LogP contribution in [0.4, 0.5) is 4.39 Å². The number of hydrogen-bond donors (Lipinski definition) is 2. The van der Waals surface area contributed by atoms with Gasteiger partial charge in [0, 0.05) is 5.02 Å². The maximum atomic E-state index is 13.4. The van der Waals surface area contributed by atoms with E-state index in [0.717, 1.165) is 0 Å². The lowest BCUT2D eigenvalue weighted by molar-refractivity contribution is 0.277. The summed E-state index contributed by atoms with van der Waals surface area (Å²) in [5.41, 5.74) is 0.826. The third-order valence-electron chi connectivity index (χ3n) is 1.98. The maximum Gasteiger partial charge on any atom is 0.140 e. The number of aromatic nitrogens is 2. The van der Waals surface area contributed by atoms with E-state index in [1.165, 1.54) is 24.4 Å². The number of hydrogen-bond acceptors (Lipinski definition) is 2. The van der Waals surface area contributed by atoms with Crippen LogP contribution in [-0.4, -0.2) is 15.1 Å². The van der Waals surface area contributed by atoms with Crippen molar-refractivity contribution in [2.24, 2.45) is 0 Å². The first-order valence-corrected chi connectivity index (χ1v) is 4.68. The minimum absolute atomic E-state index is 0.158. The molecule has 0 bridgehead atoms. The molecular formula is C10H8ClFN2O. The highest BCUT2D eigenvalue weighted by molar-refractivity contribution is 6.30. The number of aliphatic hydroxyl groups is 1. The van der Waals surface area contributed by atoms with E-state index in [2.05, 4.69) is 9.97 Å². The summed E-state index contributed by atoms with van der Waals surface area (Å²) in [6, 6.07) is 4.23. The molecule has 1 aromatic carbocycles. The molecule has 2 rings (SSSR count). The van der Waals surface area contributed by atoms with Crippen LogP contribution >= 0.6 is 11.6 Å². The molecule has 0 aliphatic heterocycles. The lowest BCUT2D eigenvalue weighted by Gasteiger charge is -1.99. The van der Waals surface area contributed by atoms with Crippen molar-refractivity contribution >= 4 is 11.6 Å². The summed E-state index contributed by atoms with van der Waals surface area (Å²) >= 11 is 5.75. The molecule has 15 heavy (non-hydrogen) atoms. The molecule has 0 aliphatic carbocycles. The van der Waals surface area contributed by atoms with E-state index >= 15 is 0 Å². The van der Waals surface area contributed by atoms with E-state index in [1.807, 2.05) is 0 Å². The van der Waals surface area contributed by atoms with E-state index in [-0.39, 0.29) is 6.61 Å². The van der Waals surface area contributed by atoms with E-state index in [1.54, 1.807) is 0 Å². The fourth-order valence-corrected chi connectivity index (χ4v) is 1.43. The predicted molar refractivity (Wildman–Crippen MR) is 54.9 cm³/mol. The Bertz CT molecular complexity index is 484. The van der Waals surface area contributed by atoms with Crippen LogP contribution in [0.1, 0.15) is 5.69 Å². The van der Waals surface area contributed by atoms with Crippen molar-refractivity contribution in [3.63, 3.8) is 0 Å². The average Bonchev–Trinajstić information content (AvgIpc) is 2.70. The SMILES string of the molecule is OCc1cnc(-c2cc(Cl)ccc2F)[nH]1. The van der Waals surface area contributed by atoms with Crippen molar-refractivity contribution in [2.45, 2.75) is 6.61 Å². The molecule has 5 heteroatoms. The number of nitrogens with one attached hydrogen (secondary N) is 1. The fourth-order valence-electron chi connectivity index (χ4n) is 1.26. The number of H-pyrrole nitrogens is 1. The van der Waals surface area contributed by atoms with Gasteiger partial charge in [-0.3, -0.25) is 0 Å². The van der Waals surface area contributed by atoms with Gasteiger partial charge in [-0.2, -0.15) is 0 Å². The van der Waals surface area contributed by atoms with Gasteiger partial charge in [-0.1, -0.05) is 11.6 Å². The largest absolute Gasteiger partial charge is 0.390 e. The van der Waals surface area contributed by atoms with Crippen LogP contribution in [0, 0.1) is 5.82 Å². The number of aromatic amines is 1. The van der Waals surface area contributed by atoms with Gasteiger partial charge in [-0.25, -0.2) is 9.37 Å². The molecule has 0 saturated carbocycles. The molecule has 0 radical (unpaired) electrons. The van der Waals surface area contributed by atoms with E-state index in [0.29, 0.717) is 22.1 Å². The zero-order valence-electron chi connectivity index (χ0n) is 7.67. The number of imidazole rings is 1. The molecule has 1 heterocycles. The van der Waals surface area contributed by atoms with E-state index < -0.39 is 5.82 Å². The molecule has 0 saturated heterocycles. The fraction of sp³-hybridized carbons (Fsp3) is 0.100. The zero-order valence-corrected chi connectivity index (χ0v) is 8.42. The highest BCUT2D eigenvalue weighted by atomic mass is 35.5. The molecule has 3 nitrogen and oxygen atoms in total. The Morgan fingerprint density at radius 2 is 2.27 bits per heavy atom. The number of aliphatic hydroxyl groups excluding tert-OH is 1. The highest BCUT2D eigenvalue weighted by Gasteiger charge is 2.09. The molecule has 0 unspecified atom stereocenters. The zero-order chi connectivity index (χ0) is 10.8. The van der Waals surface area contributed by atoms with Gasteiger partial charge in [0.15, 0.2) is 0 Å². The van der Waals surface area contributed by atoms with Gasteiger partial charge in [0.25, 0.3) is 0 Å². The van der Waals surface area contributed by atoms with Crippen LogP contribution < -0.4 is 0 Å². The maximum absolute atomic E-state index is 13.4. The van der Waals surface area contributed by atoms with Crippen LogP contribution in [-0.2, 0) is 6.61 Å². The van der Waals surface area contributed by atoms with Gasteiger partial charge in [-0.05, 0) is 18.2 Å². The van der Waals surface area contributed by atoms with E-state index in [9.17, 15) is 4.39 Å². The van der Waals surface area contributed by atoms with Gasteiger partial charge in [0.05, 0.1) is 24.1 Å². The summed E-state index contributed by atoms with van der Waals surface area (Å²) in [6.07, 6.45) is 1.45. The number of halogens is 2. The standard InChI is InChI=1S/C10H8ClFN2O/c11-6-1-2-9(12)8(3-6)10-13-4-7(5-15)14-10/h1-4,15H,5H2,(H,13,14). The Labute approximate surface area is 90.5 Å². The second-order valence-electron chi connectivity index (χ2n) is 3.04. The summed E-state index contributed by atoms with van der Waals surface area (Å²) in [6.45, 7) is -0.158. The van der Waals surface area contributed by atoms with Crippen LogP contribution in [0.2, 0.25) is 5.02 Å². The predicted octanol–water partition coefficient (Wildman–Crippen LogP) is 2.36. The monoisotopic (exact) mass is 226 g/mol. The van der Waals surface area contributed by atoms with E-state index in [4.69, 9.17) is 16.7 Å². The molecule has 2 N–H and O–H groups in total. The lowest BCUT2D eigenvalue weighted by atomic mass is 10.2. The lowest BCUT2D eigenvalue weighted by Crippen LogP contribution is -1.87. The summed E-state index contributed by atoms with van der Waals surface area (Å²) in [4.78, 5) is 6.73. The molecule has 78 valence electrons. The van der Waals surface area contributed by atoms with Crippen molar-refractivity contribution in [1.82, 2.24) is 9.97 Å². The van der Waals surface area contributed by atoms with Gasteiger partial charge in [0.2, 0.25) is 0 Å². The molecule has 0 atom stereocenters. The first kappa shape index (κ1) is 10.1. The van der Waals surface area contributed by atoms with Crippen LogP contribution in [0.15, 0.2) is 24.4 Å². The van der Waals surface area contributed by atoms with Crippen LogP contribution in [0.5, 0.6) is 0 Å². The van der Waals surface area contributed by atoms with Crippen molar-refractivity contribution in [3.05, 3.63) is 40.9 Å². The molecular weight excluding hydrogens is 219 g/mol. The second kappa shape index (κ2) is 4.00. The Morgan fingerprint density at radius 1 is 1.47 bits per heavy atom. The second-order valence-corrected chi connectivity index (χ2v) is 3.48. The summed E-state index contributed by atoms with van der Waals surface area (Å²) in [7, 11) is 0. The van der Waals surface area contributed by atoms with Gasteiger partial charge < -0.3 is 10.1 Å². The van der Waals surface area contributed by atoms with Crippen molar-refractivity contribution in [3.8, 4) is 11.4 Å². The molecule has 0 aliphatic rings. The van der Waals surface area contributed by atoms with Crippen LogP contribution in [0.3, 0.4) is 0 Å². The normalized spacial score (nSPS) is 10.6. The average molecular weight is 227 g/mol. The first-order chi connectivity index (χ1) is 7.20. The van der Waals surface area contributed by atoms with Crippen molar-refractivity contribution < 1.29 is 9.50 Å². The smallest absolute Gasteiger partial charge is 0.140 e. The molecule has 0 amide bonds. The Kier molecular flexibility index (Phi) is 2.70. The quantitative estimate of drug-likeness (QED) is 0.826. The van der Waals surface area contributed by atoms with Gasteiger partial charge >= 0.3 is 0 Å². The number of rotatable bonds is 2. The van der Waals surface area contributed by atoms with Crippen molar-refractivity contribution in [1.29, 1.82) is 0 Å². The number of benzene rings is 1. The molecule has 1 aromatic heterocycles. The third-order valence-corrected chi connectivity index (χ3v) is 2.22. The van der Waals surface area contributed by atoms with Gasteiger partial charge in [0.1, 0.15) is 11.6 Å². The minimum atomic E-state index is -0.404. The topological polar surface area (TPSA) is 48.9 Å². The van der Waals surface area contributed by atoms with Crippen molar-refractivity contribution in [2.75, 3.05) is 0 Å². The third kappa shape index (κ3) is 2.00. The summed E-state index contributed by atoms with van der Waals surface area (Å²) < 4.78 is 13.4. The molecule has 0 spiro atoms. The van der Waals surface area contributed by atoms with Gasteiger partial charge in [-0.15, -0.1) is 0 Å². The Morgan fingerprint density at radius 3 is 2.93 bits per heavy atom. The minimum Gasteiger partial charge on any atom is -0.390 e. The van der Waals surface area contributed by atoms with Crippen LogP contribution in [0.25, 0.3) is 11.4 Å². The Hall–Kier alpha value is -1.39. The number of nitrogens with zero attached hydrogens (tertiary/aromatic N) is 1. The molecule has 2 aromatic rings. The summed E-state index contributed by atoms with van der Waals surface area (Å²) in [5.74, 6) is -0.0442. The summed E-state index contributed by atoms with van der Waals surface area (Å²) in [5, 5.41) is 9.27. The highest BCUT2D eigenvalue weighted by Crippen LogP contribution is 2.23.